The first-order valence-electron chi connectivity index (χ1n) is 7.57. The number of carbonyl (C=O) groups excluding carboxylic acids is 1. The molecule has 1 aliphatic carbocycles. The zero-order chi connectivity index (χ0) is 15.1. The summed E-state index contributed by atoms with van der Waals surface area (Å²) in [6, 6.07) is -0.00847. The van der Waals surface area contributed by atoms with Gasteiger partial charge in [-0.15, -0.1) is 11.3 Å². The van der Waals surface area contributed by atoms with Crippen molar-refractivity contribution < 1.29 is 9.53 Å². The quantitative estimate of drug-likeness (QED) is 0.936. The van der Waals surface area contributed by atoms with Crippen molar-refractivity contribution in [1.82, 2.24) is 20.1 Å². The minimum absolute atomic E-state index is 0.00847. The van der Waals surface area contributed by atoms with Gasteiger partial charge >= 0.3 is 0 Å². The molecule has 0 spiro atoms. The molecule has 0 bridgehead atoms. The smallest absolute Gasteiger partial charge is 0.263 e. The predicted octanol–water partition coefficient (Wildman–Crippen LogP) is 2.01. The zero-order valence-electron chi connectivity index (χ0n) is 12.4. The van der Waals surface area contributed by atoms with E-state index in [1.807, 2.05) is 13.2 Å². The molecule has 1 N–H and O–H groups in total. The fourth-order valence-corrected chi connectivity index (χ4v) is 3.74. The summed E-state index contributed by atoms with van der Waals surface area (Å²) in [7, 11) is 1.88. The Kier molecular flexibility index (Phi) is 3.46. The molecule has 2 atom stereocenters. The minimum atomic E-state index is -0.116. The maximum Gasteiger partial charge on any atom is 0.263 e. The van der Waals surface area contributed by atoms with Crippen molar-refractivity contribution in [2.75, 3.05) is 6.61 Å². The third kappa shape index (κ3) is 2.55. The number of amides is 1. The predicted molar refractivity (Wildman–Crippen MR) is 81.9 cm³/mol. The number of aryl methyl sites for hydroxylation is 1. The van der Waals surface area contributed by atoms with Crippen LogP contribution in [0.1, 0.15) is 52.2 Å². The van der Waals surface area contributed by atoms with Gasteiger partial charge in [0.1, 0.15) is 11.0 Å². The SMILES string of the molecule is Cn1cc([C@H]2OCC[C@@H]2NC(=O)c2scnc2C2CC2)cn1. The van der Waals surface area contributed by atoms with Crippen molar-refractivity contribution in [2.45, 2.75) is 37.3 Å². The second kappa shape index (κ2) is 5.48. The van der Waals surface area contributed by atoms with Gasteiger partial charge in [-0.05, 0) is 19.3 Å². The Morgan fingerprint density at radius 3 is 3.05 bits per heavy atom. The molecule has 2 aromatic heterocycles. The van der Waals surface area contributed by atoms with Gasteiger partial charge in [0.15, 0.2) is 0 Å². The summed E-state index contributed by atoms with van der Waals surface area (Å²) in [5, 5.41) is 7.32. The number of carbonyl (C=O) groups is 1. The van der Waals surface area contributed by atoms with Gasteiger partial charge in [0, 0.05) is 31.3 Å². The lowest BCUT2D eigenvalue weighted by atomic mass is 10.1. The maximum atomic E-state index is 12.6. The third-order valence-electron chi connectivity index (χ3n) is 4.23. The summed E-state index contributed by atoms with van der Waals surface area (Å²) in [6.07, 6.45) is 6.75. The second-order valence-corrected chi connectivity index (χ2v) is 6.80. The Bertz CT molecular complexity index is 691. The number of thiazole rings is 1. The molecule has 2 fully saturated rings. The van der Waals surface area contributed by atoms with E-state index in [1.165, 1.54) is 11.3 Å². The monoisotopic (exact) mass is 318 g/mol. The highest BCUT2D eigenvalue weighted by molar-refractivity contribution is 7.11. The van der Waals surface area contributed by atoms with E-state index in [4.69, 9.17) is 4.74 Å². The molecule has 1 saturated heterocycles. The maximum absolute atomic E-state index is 12.6. The lowest BCUT2D eigenvalue weighted by molar-refractivity contribution is 0.0823. The lowest BCUT2D eigenvalue weighted by Gasteiger charge is -2.18. The number of ether oxygens (including phenoxy) is 1. The van der Waals surface area contributed by atoms with Crippen LogP contribution in [0.2, 0.25) is 0 Å². The summed E-state index contributed by atoms with van der Waals surface area (Å²) in [6.45, 7) is 0.655. The number of nitrogens with zero attached hydrogens (tertiary/aromatic N) is 3. The van der Waals surface area contributed by atoms with E-state index in [0.29, 0.717) is 12.5 Å². The molecule has 3 heterocycles. The van der Waals surface area contributed by atoms with Gasteiger partial charge in [0.2, 0.25) is 0 Å². The van der Waals surface area contributed by atoms with Gasteiger partial charge < -0.3 is 10.1 Å². The van der Waals surface area contributed by atoms with E-state index in [0.717, 1.165) is 35.4 Å². The molecule has 116 valence electrons. The Balaban J connectivity index is 1.49. The summed E-state index contributed by atoms with van der Waals surface area (Å²) in [5.74, 6) is 0.467. The molecule has 2 aliphatic rings. The Morgan fingerprint density at radius 1 is 1.45 bits per heavy atom. The van der Waals surface area contributed by atoms with Gasteiger partial charge in [-0.1, -0.05) is 0 Å². The van der Waals surface area contributed by atoms with Gasteiger partial charge in [-0.25, -0.2) is 4.98 Å². The van der Waals surface area contributed by atoms with Crippen LogP contribution in [-0.2, 0) is 11.8 Å². The Morgan fingerprint density at radius 2 is 2.32 bits per heavy atom. The molecule has 0 radical (unpaired) electrons. The normalized spacial score (nSPS) is 24.6. The number of nitrogens with one attached hydrogen (secondary N) is 1. The highest BCUT2D eigenvalue weighted by Gasteiger charge is 2.35. The standard InChI is InChI=1S/C15H18N4O2S/c1-19-7-10(6-17-19)13-11(4-5-21-13)18-15(20)14-12(9-2-3-9)16-8-22-14/h6-9,11,13H,2-5H2,1H3,(H,18,20)/t11-,13+/m0/s1. The van der Waals surface area contributed by atoms with Crippen LogP contribution in [0, 0.1) is 0 Å². The molecule has 22 heavy (non-hydrogen) atoms. The molecular formula is C15H18N4O2S. The van der Waals surface area contributed by atoms with Crippen LogP contribution in [0.4, 0.5) is 0 Å². The van der Waals surface area contributed by atoms with E-state index < -0.39 is 0 Å². The summed E-state index contributed by atoms with van der Waals surface area (Å²) >= 11 is 1.43. The molecule has 0 unspecified atom stereocenters. The first kappa shape index (κ1) is 13.9. The molecule has 1 saturated carbocycles. The van der Waals surface area contributed by atoms with Crippen molar-refractivity contribution in [1.29, 1.82) is 0 Å². The van der Waals surface area contributed by atoms with Crippen LogP contribution in [0.25, 0.3) is 0 Å². The molecule has 2 aromatic rings. The topological polar surface area (TPSA) is 69.0 Å². The van der Waals surface area contributed by atoms with Gasteiger partial charge in [-0.2, -0.15) is 5.10 Å². The van der Waals surface area contributed by atoms with E-state index >= 15 is 0 Å². The average molecular weight is 318 g/mol. The highest BCUT2D eigenvalue weighted by atomic mass is 32.1. The van der Waals surface area contributed by atoms with Gasteiger partial charge in [-0.3, -0.25) is 9.48 Å². The highest BCUT2D eigenvalue weighted by Crippen LogP contribution is 2.42. The van der Waals surface area contributed by atoms with Crippen LogP contribution in [0.15, 0.2) is 17.9 Å². The molecule has 7 heteroatoms. The lowest BCUT2D eigenvalue weighted by Crippen LogP contribution is -2.36. The fraction of sp³-hybridized carbons (Fsp3) is 0.533. The van der Waals surface area contributed by atoms with E-state index in [9.17, 15) is 4.79 Å². The van der Waals surface area contributed by atoms with Crippen molar-refractivity contribution in [2.24, 2.45) is 7.05 Å². The largest absolute Gasteiger partial charge is 0.371 e. The van der Waals surface area contributed by atoms with Crippen molar-refractivity contribution in [3.8, 4) is 0 Å². The Labute approximate surface area is 132 Å². The van der Waals surface area contributed by atoms with Crippen molar-refractivity contribution in [3.05, 3.63) is 34.0 Å². The summed E-state index contributed by atoms with van der Waals surface area (Å²) < 4.78 is 7.55. The molecule has 0 aromatic carbocycles. The van der Waals surface area contributed by atoms with Gasteiger partial charge in [0.25, 0.3) is 5.91 Å². The number of rotatable bonds is 4. The van der Waals surface area contributed by atoms with Gasteiger partial charge in [0.05, 0.1) is 23.4 Å². The molecule has 6 nitrogen and oxygen atoms in total. The van der Waals surface area contributed by atoms with Crippen LogP contribution in [0.5, 0.6) is 0 Å². The second-order valence-electron chi connectivity index (χ2n) is 5.95. The van der Waals surface area contributed by atoms with E-state index in [2.05, 4.69) is 15.4 Å². The summed E-state index contributed by atoms with van der Waals surface area (Å²) in [4.78, 5) is 17.7. The first-order chi connectivity index (χ1) is 10.7. The average Bonchev–Trinajstić information content (AvgIpc) is 2.93. The third-order valence-corrected chi connectivity index (χ3v) is 5.07. The molecule has 1 amide bonds. The van der Waals surface area contributed by atoms with Crippen LogP contribution < -0.4 is 5.32 Å². The molecular weight excluding hydrogens is 300 g/mol. The molecule has 1 aliphatic heterocycles. The number of hydrogen-bond acceptors (Lipinski definition) is 5. The minimum Gasteiger partial charge on any atom is -0.371 e. The number of aromatic nitrogens is 3. The van der Waals surface area contributed by atoms with E-state index in [1.54, 1.807) is 16.4 Å². The van der Waals surface area contributed by atoms with Crippen LogP contribution in [-0.4, -0.2) is 33.3 Å². The van der Waals surface area contributed by atoms with Crippen LogP contribution in [0.3, 0.4) is 0 Å². The number of hydrogen-bond donors (Lipinski definition) is 1. The first-order valence-corrected chi connectivity index (χ1v) is 8.44. The van der Waals surface area contributed by atoms with E-state index in [-0.39, 0.29) is 18.1 Å². The van der Waals surface area contributed by atoms with Crippen molar-refractivity contribution in [3.63, 3.8) is 0 Å². The van der Waals surface area contributed by atoms with Crippen LogP contribution >= 0.6 is 11.3 Å². The fourth-order valence-electron chi connectivity index (χ4n) is 2.96. The zero-order valence-corrected chi connectivity index (χ0v) is 13.2. The molecule has 4 rings (SSSR count). The van der Waals surface area contributed by atoms with Crippen molar-refractivity contribution >= 4 is 17.2 Å². The summed E-state index contributed by atoms with van der Waals surface area (Å²) in [5.41, 5.74) is 3.75. The Hall–Kier alpha value is -1.73.